The molecule has 0 aliphatic carbocycles. The minimum atomic E-state index is 0.146. The molecule has 0 saturated carbocycles. The van der Waals surface area contributed by atoms with Crippen molar-refractivity contribution in [1.82, 2.24) is 0 Å². The largest absolute Gasteiger partial charge is 0.295 e. The second-order valence-corrected chi connectivity index (χ2v) is 4.55. The molecule has 1 heteroatoms. The van der Waals surface area contributed by atoms with Crippen molar-refractivity contribution in [3.8, 4) is 0 Å². The van der Waals surface area contributed by atoms with Gasteiger partial charge < -0.3 is 0 Å². The minimum absolute atomic E-state index is 0.146. The van der Waals surface area contributed by atoms with Gasteiger partial charge in [0.05, 0.1) is 0 Å². The highest BCUT2D eigenvalue weighted by Crippen LogP contribution is 2.14. The lowest BCUT2D eigenvalue weighted by Crippen LogP contribution is -1.93. The fourth-order valence-electron chi connectivity index (χ4n) is 1.43. The molecule has 0 amide bonds. The zero-order chi connectivity index (χ0) is 11.7. The summed E-state index contributed by atoms with van der Waals surface area (Å²) in [6.07, 6.45) is 10.6. The Kier molecular flexibility index (Phi) is 7.98. The van der Waals surface area contributed by atoms with Crippen LogP contribution in [0.1, 0.15) is 53.4 Å². The maximum absolute atomic E-state index is 10.6. The van der Waals surface area contributed by atoms with Crippen LogP contribution in [0.15, 0.2) is 23.8 Å². The lowest BCUT2D eigenvalue weighted by atomic mass is 9.99. The Labute approximate surface area is 94.3 Å². The van der Waals surface area contributed by atoms with E-state index in [2.05, 4.69) is 26.8 Å². The monoisotopic (exact) mass is 208 g/mol. The molecule has 1 atom stereocenters. The van der Waals surface area contributed by atoms with Crippen LogP contribution in [0.2, 0.25) is 0 Å². The van der Waals surface area contributed by atoms with Crippen molar-refractivity contribution in [3.63, 3.8) is 0 Å². The highest BCUT2D eigenvalue weighted by atomic mass is 16.1. The molecule has 0 aromatic carbocycles. The van der Waals surface area contributed by atoms with Crippen molar-refractivity contribution in [2.75, 3.05) is 0 Å². The van der Waals surface area contributed by atoms with Crippen molar-refractivity contribution in [1.29, 1.82) is 0 Å². The third kappa shape index (κ3) is 11.1. The Morgan fingerprint density at radius 1 is 1.13 bits per heavy atom. The molecule has 0 rings (SSSR count). The summed E-state index contributed by atoms with van der Waals surface area (Å²) in [4.78, 5) is 10.6. The fraction of sp³-hybridized carbons (Fsp3) is 0.643. The predicted octanol–water partition coefficient (Wildman–Crippen LogP) is 4.29. The topological polar surface area (TPSA) is 17.1 Å². The summed E-state index contributed by atoms with van der Waals surface area (Å²) in [7, 11) is 0. The third-order valence-electron chi connectivity index (χ3n) is 2.39. The van der Waals surface area contributed by atoms with E-state index in [9.17, 15) is 4.79 Å². The van der Waals surface area contributed by atoms with Gasteiger partial charge in [-0.3, -0.25) is 4.79 Å². The standard InChI is InChI=1S/C14H24O/c1-12(2)8-7-10-13(3)9-5-6-11-14(4)15/h6,8,11,13H,5,7,9-10H2,1-4H3/b11-6+. The molecule has 0 aliphatic heterocycles. The number of allylic oxidation sites excluding steroid dienone is 4. The van der Waals surface area contributed by atoms with Crippen molar-refractivity contribution in [2.24, 2.45) is 5.92 Å². The first-order valence-electron chi connectivity index (χ1n) is 5.83. The predicted molar refractivity (Wildman–Crippen MR) is 66.9 cm³/mol. The molecule has 0 heterocycles. The lowest BCUT2D eigenvalue weighted by Gasteiger charge is -2.07. The molecule has 0 N–H and O–H groups in total. The van der Waals surface area contributed by atoms with Gasteiger partial charge in [0, 0.05) is 0 Å². The fourth-order valence-corrected chi connectivity index (χ4v) is 1.43. The quantitative estimate of drug-likeness (QED) is 0.450. The van der Waals surface area contributed by atoms with E-state index in [1.807, 2.05) is 6.08 Å². The van der Waals surface area contributed by atoms with Crippen molar-refractivity contribution in [3.05, 3.63) is 23.8 Å². The molecular formula is C14H24O. The van der Waals surface area contributed by atoms with Crippen LogP contribution < -0.4 is 0 Å². The van der Waals surface area contributed by atoms with Gasteiger partial charge in [0.2, 0.25) is 0 Å². The van der Waals surface area contributed by atoms with Crippen molar-refractivity contribution < 1.29 is 4.79 Å². The van der Waals surface area contributed by atoms with E-state index in [0.29, 0.717) is 0 Å². The minimum Gasteiger partial charge on any atom is -0.295 e. The van der Waals surface area contributed by atoms with E-state index in [-0.39, 0.29) is 5.78 Å². The SMILES string of the molecule is CC(=O)/C=C/CCC(C)CCC=C(C)C. The number of ketones is 1. The van der Waals surface area contributed by atoms with Crippen LogP contribution in [0.5, 0.6) is 0 Å². The second-order valence-electron chi connectivity index (χ2n) is 4.55. The summed E-state index contributed by atoms with van der Waals surface area (Å²) < 4.78 is 0. The zero-order valence-corrected chi connectivity index (χ0v) is 10.5. The van der Waals surface area contributed by atoms with Gasteiger partial charge in [-0.2, -0.15) is 0 Å². The van der Waals surface area contributed by atoms with Gasteiger partial charge in [0.15, 0.2) is 5.78 Å². The van der Waals surface area contributed by atoms with Gasteiger partial charge in [0.25, 0.3) is 0 Å². The molecule has 15 heavy (non-hydrogen) atoms. The Balaban J connectivity index is 3.53. The number of hydrogen-bond donors (Lipinski definition) is 0. The smallest absolute Gasteiger partial charge is 0.152 e. The maximum atomic E-state index is 10.6. The maximum Gasteiger partial charge on any atom is 0.152 e. The summed E-state index contributed by atoms with van der Waals surface area (Å²) in [6, 6.07) is 0. The molecular weight excluding hydrogens is 184 g/mol. The lowest BCUT2D eigenvalue weighted by molar-refractivity contribution is -0.112. The van der Waals surface area contributed by atoms with Gasteiger partial charge in [-0.05, 0) is 58.4 Å². The number of carbonyl (C=O) groups excluding carboxylic acids is 1. The molecule has 0 bridgehead atoms. The Hall–Kier alpha value is -0.850. The van der Waals surface area contributed by atoms with Crippen LogP contribution in [0.25, 0.3) is 0 Å². The number of carbonyl (C=O) groups is 1. The molecule has 0 fully saturated rings. The first-order chi connectivity index (χ1) is 7.02. The van der Waals surface area contributed by atoms with Crippen LogP contribution >= 0.6 is 0 Å². The Morgan fingerprint density at radius 3 is 2.27 bits per heavy atom. The van der Waals surface area contributed by atoms with E-state index in [1.54, 1.807) is 13.0 Å². The highest BCUT2D eigenvalue weighted by molar-refractivity contribution is 5.87. The molecule has 1 nitrogen and oxygen atoms in total. The average Bonchev–Trinajstić information content (AvgIpc) is 2.11. The molecule has 0 aromatic heterocycles. The van der Waals surface area contributed by atoms with Crippen LogP contribution in [0, 0.1) is 5.92 Å². The summed E-state index contributed by atoms with van der Waals surface area (Å²) in [6.45, 7) is 8.15. The second kappa shape index (κ2) is 8.46. The van der Waals surface area contributed by atoms with E-state index >= 15 is 0 Å². The van der Waals surface area contributed by atoms with E-state index in [1.165, 1.54) is 24.8 Å². The molecule has 0 aromatic rings. The van der Waals surface area contributed by atoms with Crippen molar-refractivity contribution in [2.45, 2.75) is 53.4 Å². The molecule has 1 unspecified atom stereocenters. The average molecular weight is 208 g/mol. The van der Waals surface area contributed by atoms with E-state index in [4.69, 9.17) is 0 Å². The third-order valence-corrected chi connectivity index (χ3v) is 2.39. The molecule has 0 spiro atoms. The van der Waals surface area contributed by atoms with E-state index in [0.717, 1.165) is 12.3 Å². The molecule has 0 radical (unpaired) electrons. The van der Waals surface area contributed by atoms with Gasteiger partial charge in [0.1, 0.15) is 0 Å². The van der Waals surface area contributed by atoms with Crippen LogP contribution in [0.4, 0.5) is 0 Å². The van der Waals surface area contributed by atoms with Gasteiger partial charge in [-0.25, -0.2) is 0 Å². The molecule has 0 saturated heterocycles. The van der Waals surface area contributed by atoms with Crippen LogP contribution in [-0.2, 0) is 4.79 Å². The molecule has 0 aliphatic rings. The summed E-state index contributed by atoms with van der Waals surface area (Å²) in [5, 5.41) is 0. The highest BCUT2D eigenvalue weighted by Gasteiger charge is 1.99. The Morgan fingerprint density at radius 2 is 1.73 bits per heavy atom. The number of rotatable bonds is 7. The first-order valence-corrected chi connectivity index (χ1v) is 5.83. The first kappa shape index (κ1) is 14.2. The van der Waals surface area contributed by atoms with Gasteiger partial charge in [-0.1, -0.05) is 24.6 Å². The zero-order valence-electron chi connectivity index (χ0n) is 10.5. The molecule has 86 valence electrons. The Bertz CT molecular complexity index is 232. The van der Waals surface area contributed by atoms with Crippen molar-refractivity contribution >= 4 is 5.78 Å². The summed E-state index contributed by atoms with van der Waals surface area (Å²) in [5.41, 5.74) is 1.40. The summed E-state index contributed by atoms with van der Waals surface area (Å²) in [5.74, 6) is 0.893. The van der Waals surface area contributed by atoms with Gasteiger partial charge in [-0.15, -0.1) is 0 Å². The summed E-state index contributed by atoms with van der Waals surface area (Å²) >= 11 is 0. The number of hydrogen-bond acceptors (Lipinski definition) is 1. The normalized spacial score (nSPS) is 12.8. The van der Waals surface area contributed by atoms with E-state index < -0.39 is 0 Å². The van der Waals surface area contributed by atoms with Crippen LogP contribution in [0.3, 0.4) is 0 Å². The van der Waals surface area contributed by atoms with Gasteiger partial charge >= 0.3 is 0 Å². The van der Waals surface area contributed by atoms with Crippen LogP contribution in [-0.4, -0.2) is 5.78 Å².